The lowest BCUT2D eigenvalue weighted by atomic mass is 10.0. The Hall–Kier alpha value is -2.95. The number of hydrogen-bond donors (Lipinski definition) is 3. The van der Waals surface area contributed by atoms with Crippen LogP contribution in [0.4, 0.5) is 0 Å². The Kier molecular flexibility index (Phi) is 60.8. The Morgan fingerprint density at radius 3 is 0.904 bits per heavy atom. The number of carbonyl (C=O) groups is 1. The van der Waals surface area contributed by atoms with Crippen LogP contribution in [-0.2, 0) is 4.79 Å². The van der Waals surface area contributed by atoms with Crippen LogP contribution in [0.25, 0.3) is 0 Å². The smallest absolute Gasteiger partial charge is 0.220 e. The summed E-state index contributed by atoms with van der Waals surface area (Å²) in [5.74, 6) is -0.0353. The van der Waals surface area contributed by atoms with Gasteiger partial charge < -0.3 is 15.5 Å². The van der Waals surface area contributed by atoms with Gasteiger partial charge in [0, 0.05) is 6.42 Å². The van der Waals surface area contributed by atoms with Gasteiger partial charge in [-0.15, -0.1) is 0 Å². The fraction of sp³-hybridized carbons (Fsp3) is 0.725. The first kappa shape index (κ1) is 70.1. The molecule has 0 aromatic rings. The van der Waals surface area contributed by atoms with Gasteiger partial charge in [-0.25, -0.2) is 0 Å². The first-order chi connectivity index (χ1) is 36.2. The highest BCUT2D eigenvalue weighted by Crippen LogP contribution is 2.17. The van der Waals surface area contributed by atoms with Crippen LogP contribution >= 0.6 is 0 Å². The molecule has 0 heterocycles. The summed E-state index contributed by atoms with van der Waals surface area (Å²) in [4.78, 5) is 12.5. The highest BCUT2D eigenvalue weighted by molar-refractivity contribution is 5.76. The largest absolute Gasteiger partial charge is 0.394 e. The van der Waals surface area contributed by atoms with E-state index in [1.54, 1.807) is 0 Å². The summed E-state index contributed by atoms with van der Waals surface area (Å²) in [7, 11) is 0. The Balaban J connectivity index is 3.53. The summed E-state index contributed by atoms with van der Waals surface area (Å²) < 4.78 is 0. The van der Waals surface area contributed by atoms with E-state index in [2.05, 4.69) is 129 Å². The molecule has 4 nitrogen and oxygen atoms in total. The molecule has 1 amide bonds. The van der Waals surface area contributed by atoms with Gasteiger partial charge in [0.15, 0.2) is 0 Å². The molecular formula is C69H121NO3. The first-order valence-corrected chi connectivity index (χ1v) is 31.6. The van der Waals surface area contributed by atoms with Crippen LogP contribution in [0.2, 0.25) is 0 Å². The lowest BCUT2D eigenvalue weighted by Crippen LogP contribution is -2.45. The van der Waals surface area contributed by atoms with Crippen molar-refractivity contribution in [2.75, 3.05) is 6.61 Å². The van der Waals surface area contributed by atoms with Gasteiger partial charge in [0.1, 0.15) is 0 Å². The summed E-state index contributed by atoms with van der Waals surface area (Å²) in [6.45, 7) is 4.26. The summed E-state index contributed by atoms with van der Waals surface area (Å²) in [6.07, 6.45) is 95.2. The Morgan fingerprint density at radius 1 is 0.342 bits per heavy atom. The van der Waals surface area contributed by atoms with Gasteiger partial charge in [-0.2, -0.15) is 0 Å². The molecule has 73 heavy (non-hydrogen) atoms. The zero-order chi connectivity index (χ0) is 52.7. The molecule has 0 aliphatic rings. The van der Waals surface area contributed by atoms with Crippen molar-refractivity contribution in [2.45, 2.75) is 315 Å². The van der Waals surface area contributed by atoms with E-state index in [0.29, 0.717) is 12.8 Å². The van der Waals surface area contributed by atoms with Gasteiger partial charge in [0.05, 0.1) is 18.8 Å². The van der Waals surface area contributed by atoms with Gasteiger partial charge in [-0.1, -0.05) is 322 Å². The van der Waals surface area contributed by atoms with E-state index < -0.39 is 12.1 Å². The first-order valence-electron chi connectivity index (χ1n) is 31.6. The number of nitrogens with one attached hydrogen (secondary N) is 1. The van der Waals surface area contributed by atoms with Crippen LogP contribution in [0.3, 0.4) is 0 Å². The minimum atomic E-state index is -0.668. The molecule has 2 atom stereocenters. The molecule has 0 spiro atoms. The molecule has 0 aliphatic heterocycles. The minimum absolute atomic E-state index is 0.0353. The van der Waals surface area contributed by atoms with Crippen molar-refractivity contribution in [2.24, 2.45) is 0 Å². The van der Waals surface area contributed by atoms with Gasteiger partial charge >= 0.3 is 0 Å². The zero-order valence-electron chi connectivity index (χ0n) is 48.4. The summed E-state index contributed by atoms with van der Waals surface area (Å²) in [5, 5.41) is 23.4. The molecule has 0 rings (SSSR count). The van der Waals surface area contributed by atoms with Crippen molar-refractivity contribution in [1.82, 2.24) is 5.32 Å². The molecule has 0 radical (unpaired) electrons. The molecule has 0 aromatic carbocycles. The third kappa shape index (κ3) is 59.8. The second-order valence-corrected chi connectivity index (χ2v) is 21.1. The Labute approximate surface area is 455 Å². The maximum atomic E-state index is 12.5. The van der Waals surface area contributed by atoms with E-state index in [9.17, 15) is 15.0 Å². The number of carbonyl (C=O) groups excluding carboxylic acids is 1. The summed E-state index contributed by atoms with van der Waals surface area (Å²) >= 11 is 0. The second kappa shape index (κ2) is 63.3. The molecule has 2 unspecified atom stereocenters. The number of aliphatic hydroxyl groups excluding tert-OH is 2. The quantitative estimate of drug-likeness (QED) is 0.0420. The van der Waals surface area contributed by atoms with E-state index in [1.165, 1.54) is 193 Å². The van der Waals surface area contributed by atoms with E-state index >= 15 is 0 Å². The maximum absolute atomic E-state index is 12.5. The molecule has 0 saturated heterocycles. The van der Waals surface area contributed by atoms with Crippen LogP contribution < -0.4 is 5.32 Å². The number of allylic oxidation sites excluding steroid dienone is 18. The number of aliphatic hydroxyl groups is 2. The number of rotatable bonds is 57. The SMILES string of the molecule is CC/C=C\C/C=C\C/C=C\C/C=C\C/C=C\C/C=C\C/C=C\C/C=C\C/C=C\CCCCCCCCCCCCCC(=O)NC(CO)C(O)CCCCCCCCCCCCCCCCCCCCCCCC. The van der Waals surface area contributed by atoms with Crippen molar-refractivity contribution >= 4 is 5.91 Å². The monoisotopic (exact) mass is 1010 g/mol. The Morgan fingerprint density at radius 2 is 0.603 bits per heavy atom. The van der Waals surface area contributed by atoms with Gasteiger partial charge in [-0.05, 0) is 83.5 Å². The molecule has 0 saturated carbocycles. The molecule has 0 bridgehead atoms. The Bertz CT molecular complexity index is 1380. The standard InChI is InChI=1S/C69H121NO3/c1-3-5-7-9-11-13-15-17-19-21-23-25-27-28-29-30-31-32-33-34-35-36-37-38-39-40-41-42-43-45-47-49-51-53-55-57-59-61-63-65-69(73)70-67(66-71)68(72)64-62-60-58-56-54-52-50-48-46-44-26-24-22-20-18-16-14-12-10-8-6-4-2/h5,7,11,13,17,19,23,25,28-29,31-32,34-35,37-38,40-41,67-68,71-72H,3-4,6,8-10,12,14-16,18,20-22,24,26-27,30,33,36,39,42-66H2,1-2H3,(H,70,73)/b7-5-,13-11-,19-17-,25-23-,29-28-,32-31-,35-34-,38-37-,41-40-. The average Bonchev–Trinajstić information content (AvgIpc) is 3.40. The van der Waals surface area contributed by atoms with Crippen molar-refractivity contribution < 1.29 is 15.0 Å². The van der Waals surface area contributed by atoms with E-state index in [1.807, 2.05) is 0 Å². The predicted molar refractivity (Wildman–Crippen MR) is 326 cm³/mol. The highest BCUT2D eigenvalue weighted by Gasteiger charge is 2.20. The topological polar surface area (TPSA) is 69.6 Å². The minimum Gasteiger partial charge on any atom is -0.394 e. The van der Waals surface area contributed by atoms with Crippen LogP contribution in [0, 0.1) is 0 Å². The maximum Gasteiger partial charge on any atom is 0.220 e. The van der Waals surface area contributed by atoms with Crippen molar-refractivity contribution in [3.8, 4) is 0 Å². The van der Waals surface area contributed by atoms with E-state index in [-0.39, 0.29) is 12.5 Å². The second-order valence-electron chi connectivity index (χ2n) is 21.1. The molecular weight excluding hydrogens is 891 g/mol. The van der Waals surface area contributed by atoms with Gasteiger partial charge in [0.2, 0.25) is 5.91 Å². The van der Waals surface area contributed by atoms with Crippen molar-refractivity contribution in [1.29, 1.82) is 0 Å². The van der Waals surface area contributed by atoms with Gasteiger partial charge in [-0.3, -0.25) is 4.79 Å². The van der Waals surface area contributed by atoms with Gasteiger partial charge in [0.25, 0.3) is 0 Å². The fourth-order valence-electron chi connectivity index (χ4n) is 9.30. The molecule has 0 aliphatic carbocycles. The van der Waals surface area contributed by atoms with E-state index in [4.69, 9.17) is 0 Å². The number of hydrogen-bond acceptors (Lipinski definition) is 3. The van der Waals surface area contributed by atoms with Crippen LogP contribution in [0.1, 0.15) is 303 Å². The lowest BCUT2D eigenvalue weighted by Gasteiger charge is -2.22. The highest BCUT2D eigenvalue weighted by atomic mass is 16.3. The molecule has 0 fully saturated rings. The van der Waals surface area contributed by atoms with E-state index in [0.717, 1.165) is 83.5 Å². The van der Waals surface area contributed by atoms with Crippen molar-refractivity contribution in [3.05, 3.63) is 109 Å². The van der Waals surface area contributed by atoms with Crippen LogP contribution in [-0.4, -0.2) is 34.9 Å². The summed E-state index contributed by atoms with van der Waals surface area (Å²) in [6, 6.07) is -0.545. The molecule has 420 valence electrons. The average molecular weight is 1010 g/mol. The van der Waals surface area contributed by atoms with Crippen molar-refractivity contribution in [3.63, 3.8) is 0 Å². The summed E-state index contributed by atoms with van der Waals surface area (Å²) in [5.41, 5.74) is 0. The predicted octanol–water partition coefficient (Wildman–Crippen LogP) is 21.4. The molecule has 0 aromatic heterocycles. The third-order valence-corrected chi connectivity index (χ3v) is 14.0. The van der Waals surface area contributed by atoms with Crippen LogP contribution in [0.5, 0.6) is 0 Å². The number of unbranched alkanes of at least 4 members (excludes halogenated alkanes) is 32. The zero-order valence-corrected chi connectivity index (χ0v) is 48.4. The molecule has 4 heteroatoms. The number of amides is 1. The third-order valence-electron chi connectivity index (χ3n) is 14.0. The van der Waals surface area contributed by atoms with Crippen LogP contribution in [0.15, 0.2) is 109 Å². The normalized spacial score (nSPS) is 13.5. The fourth-order valence-corrected chi connectivity index (χ4v) is 9.30. The lowest BCUT2D eigenvalue weighted by molar-refractivity contribution is -0.123. The molecule has 3 N–H and O–H groups in total.